The van der Waals surface area contributed by atoms with Gasteiger partial charge in [0.2, 0.25) is 0 Å². The summed E-state index contributed by atoms with van der Waals surface area (Å²) in [7, 11) is 0. The van der Waals surface area contributed by atoms with Crippen molar-refractivity contribution in [3.63, 3.8) is 0 Å². The van der Waals surface area contributed by atoms with Gasteiger partial charge in [0.25, 0.3) is 0 Å². The summed E-state index contributed by atoms with van der Waals surface area (Å²) in [5.41, 5.74) is 3.60. The fraction of sp³-hybridized carbons (Fsp3) is 0.158. The Balaban J connectivity index is 2.04. The number of hydrogen-bond acceptors (Lipinski definition) is 5. The Bertz CT molecular complexity index is 911. The lowest BCUT2D eigenvalue weighted by Crippen LogP contribution is -2.06. The number of pyridine rings is 1. The van der Waals surface area contributed by atoms with Gasteiger partial charge in [-0.15, -0.1) is 0 Å². The quantitative estimate of drug-likeness (QED) is 0.737. The van der Waals surface area contributed by atoms with Crippen LogP contribution >= 0.6 is 0 Å². The van der Waals surface area contributed by atoms with Crippen molar-refractivity contribution in [2.45, 2.75) is 20.3 Å². The molecule has 2 heterocycles. The molecule has 0 saturated carbocycles. The number of hydrogen-bond donors (Lipinski definition) is 2. The number of aromatic nitrogens is 3. The molecule has 6 nitrogen and oxygen atoms in total. The predicted octanol–water partition coefficient (Wildman–Crippen LogP) is 3.85. The highest BCUT2D eigenvalue weighted by Crippen LogP contribution is 2.25. The molecule has 25 heavy (non-hydrogen) atoms. The van der Waals surface area contributed by atoms with E-state index in [2.05, 4.69) is 20.3 Å². The monoisotopic (exact) mass is 334 g/mol. The molecule has 1 aromatic carbocycles. The van der Waals surface area contributed by atoms with Crippen molar-refractivity contribution in [1.82, 2.24) is 15.0 Å². The maximum atomic E-state index is 11.2. The number of carbonyl (C=O) groups is 1. The van der Waals surface area contributed by atoms with Crippen LogP contribution in [0.1, 0.15) is 28.5 Å². The van der Waals surface area contributed by atoms with E-state index in [1.165, 1.54) is 0 Å². The summed E-state index contributed by atoms with van der Waals surface area (Å²) in [6.07, 6.45) is 4.18. The number of benzene rings is 1. The fourth-order valence-electron chi connectivity index (χ4n) is 2.61. The van der Waals surface area contributed by atoms with Crippen LogP contribution in [0.2, 0.25) is 0 Å². The Morgan fingerprint density at radius 3 is 2.72 bits per heavy atom. The minimum absolute atomic E-state index is 0.223. The van der Waals surface area contributed by atoms with Crippen LogP contribution in [-0.4, -0.2) is 26.0 Å². The van der Waals surface area contributed by atoms with Gasteiger partial charge in [0, 0.05) is 34.9 Å². The Kier molecular flexibility index (Phi) is 4.70. The Morgan fingerprint density at radius 2 is 2.04 bits per heavy atom. The Labute approximate surface area is 145 Å². The van der Waals surface area contributed by atoms with Gasteiger partial charge in [0.05, 0.1) is 5.56 Å². The maximum absolute atomic E-state index is 11.2. The zero-order chi connectivity index (χ0) is 17.8. The first-order valence-corrected chi connectivity index (χ1v) is 7.96. The van der Waals surface area contributed by atoms with Crippen molar-refractivity contribution in [2.75, 3.05) is 5.32 Å². The van der Waals surface area contributed by atoms with Crippen molar-refractivity contribution in [1.29, 1.82) is 0 Å². The number of nitrogens with one attached hydrogen (secondary N) is 1. The number of carboxylic acid groups (broad SMARTS) is 1. The Morgan fingerprint density at radius 1 is 1.20 bits per heavy atom. The first kappa shape index (κ1) is 16.6. The molecule has 2 N–H and O–H groups in total. The lowest BCUT2D eigenvalue weighted by molar-refractivity contribution is 0.0697. The molecule has 0 unspecified atom stereocenters. The van der Waals surface area contributed by atoms with E-state index in [4.69, 9.17) is 5.11 Å². The van der Waals surface area contributed by atoms with Gasteiger partial charge in [-0.25, -0.2) is 14.8 Å². The van der Waals surface area contributed by atoms with Crippen molar-refractivity contribution in [2.24, 2.45) is 0 Å². The van der Waals surface area contributed by atoms with Crippen molar-refractivity contribution < 1.29 is 9.90 Å². The minimum Gasteiger partial charge on any atom is -0.478 e. The second kappa shape index (κ2) is 7.09. The molecule has 0 bridgehead atoms. The largest absolute Gasteiger partial charge is 0.478 e. The summed E-state index contributed by atoms with van der Waals surface area (Å²) in [5.74, 6) is 0.297. The number of carboxylic acids is 1. The third-order valence-electron chi connectivity index (χ3n) is 3.86. The van der Waals surface area contributed by atoms with E-state index in [1.807, 2.05) is 32.0 Å². The highest BCUT2D eigenvalue weighted by atomic mass is 16.4. The topological polar surface area (TPSA) is 88.0 Å². The van der Waals surface area contributed by atoms with E-state index >= 15 is 0 Å². The van der Waals surface area contributed by atoms with Gasteiger partial charge >= 0.3 is 5.97 Å². The normalized spacial score (nSPS) is 10.5. The molecule has 3 aromatic rings. The first-order chi connectivity index (χ1) is 12.1. The minimum atomic E-state index is -0.964. The Hall–Kier alpha value is -3.28. The summed E-state index contributed by atoms with van der Waals surface area (Å²) < 4.78 is 0. The molecule has 0 aliphatic carbocycles. The van der Waals surface area contributed by atoms with E-state index < -0.39 is 5.97 Å². The van der Waals surface area contributed by atoms with Gasteiger partial charge in [-0.1, -0.05) is 13.0 Å². The first-order valence-electron chi connectivity index (χ1n) is 7.96. The molecule has 0 saturated heterocycles. The molecule has 3 rings (SSSR count). The van der Waals surface area contributed by atoms with Gasteiger partial charge < -0.3 is 10.4 Å². The average Bonchev–Trinajstić information content (AvgIpc) is 2.62. The lowest BCUT2D eigenvalue weighted by atomic mass is 10.1. The van der Waals surface area contributed by atoms with E-state index in [0.717, 1.165) is 23.2 Å². The fourth-order valence-corrected chi connectivity index (χ4v) is 2.61. The van der Waals surface area contributed by atoms with Crippen LogP contribution in [0.4, 0.5) is 11.5 Å². The summed E-state index contributed by atoms with van der Waals surface area (Å²) in [6.45, 7) is 3.98. The van der Waals surface area contributed by atoms with Crippen LogP contribution in [0.15, 0.2) is 48.8 Å². The van der Waals surface area contributed by atoms with Crippen molar-refractivity contribution >= 4 is 17.5 Å². The highest BCUT2D eigenvalue weighted by molar-refractivity contribution is 5.89. The number of aryl methyl sites for hydroxylation is 1. The number of anilines is 2. The molecule has 0 radical (unpaired) electrons. The zero-order valence-corrected chi connectivity index (χ0v) is 14.0. The number of nitrogens with zero attached hydrogens (tertiary/aromatic N) is 3. The third kappa shape index (κ3) is 3.63. The summed E-state index contributed by atoms with van der Waals surface area (Å²) in [5, 5.41) is 12.4. The summed E-state index contributed by atoms with van der Waals surface area (Å²) in [6, 6.07) is 10.4. The summed E-state index contributed by atoms with van der Waals surface area (Å²) >= 11 is 0. The maximum Gasteiger partial charge on any atom is 0.335 e. The summed E-state index contributed by atoms with van der Waals surface area (Å²) in [4.78, 5) is 24.5. The van der Waals surface area contributed by atoms with Crippen LogP contribution in [0, 0.1) is 6.92 Å². The molecular formula is C19H18N4O2. The average molecular weight is 334 g/mol. The molecule has 0 spiro atoms. The number of aromatic carboxylic acids is 1. The smallest absolute Gasteiger partial charge is 0.335 e. The van der Waals surface area contributed by atoms with Crippen LogP contribution in [-0.2, 0) is 6.42 Å². The molecule has 6 heteroatoms. The molecule has 0 aliphatic rings. The molecule has 126 valence electrons. The molecule has 0 amide bonds. The number of rotatable bonds is 5. The van der Waals surface area contributed by atoms with Gasteiger partial charge in [-0.05, 0) is 43.7 Å². The SMILES string of the molecule is CCc1c(C)nc(-c2cccnc2)nc1Nc1cccc(C(=O)O)c1. The van der Waals surface area contributed by atoms with E-state index in [9.17, 15) is 4.79 Å². The second-order valence-corrected chi connectivity index (χ2v) is 5.57. The van der Waals surface area contributed by atoms with E-state index in [-0.39, 0.29) is 5.56 Å². The van der Waals surface area contributed by atoms with Gasteiger partial charge in [0.15, 0.2) is 5.82 Å². The van der Waals surface area contributed by atoms with Crippen molar-refractivity contribution in [3.05, 3.63) is 65.6 Å². The molecule has 0 fully saturated rings. The third-order valence-corrected chi connectivity index (χ3v) is 3.86. The molecule has 0 aliphatic heterocycles. The van der Waals surface area contributed by atoms with E-state index in [0.29, 0.717) is 17.3 Å². The lowest BCUT2D eigenvalue weighted by Gasteiger charge is -2.14. The zero-order valence-electron chi connectivity index (χ0n) is 14.0. The van der Waals surface area contributed by atoms with Crippen molar-refractivity contribution in [3.8, 4) is 11.4 Å². The van der Waals surface area contributed by atoms with Gasteiger partial charge in [0.1, 0.15) is 5.82 Å². The highest BCUT2D eigenvalue weighted by Gasteiger charge is 2.13. The molecule has 0 atom stereocenters. The second-order valence-electron chi connectivity index (χ2n) is 5.57. The van der Waals surface area contributed by atoms with Gasteiger partial charge in [-0.3, -0.25) is 4.98 Å². The van der Waals surface area contributed by atoms with E-state index in [1.54, 1.807) is 30.6 Å². The van der Waals surface area contributed by atoms with Crippen LogP contribution in [0.5, 0.6) is 0 Å². The standard InChI is InChI=1S/C19H18N4O2/c1-3-16-12(2)21-17(14-7-5-9-20-11-14)23-18(16)22-15-8-4-6-13(10-15)19(24)25/h4-11H,3H2,1-2H3,(H,24,25)(H,21,22,23). The molecular weight excluding hydrogens is 316 g/mol. The van der Waals surface area contributed by atoms with Gasteiger partial charge in [-0.2, -0.15) is 0 Å². The predicted molar refractivity (Wildman–Crippen MR) is 96.1 cm³/mol. The van der Waals surface area contributed by atoms with Crippen LogP contribution < -0.4 is 5.32 Å². The van der Waals surface area contributed by atoms with Crippen LogP contribution in [0.3, 0.4) is 0 Å². The van der Waals surface area contributed by atoms with Crippen LogP contribution in [0.25, 0.3) is 11.4 Å². The molecule has 2 aromatic heterocycles.